The molecule has 8 heteroatoms. The maximum Gasteiger partial charge on any atom is 0.250 e. The normalized spacial score (nSPS) is 22.8. The third kappa shape index (κ3) is 5.14. The molecule has 4 atom stereocenters. The van der Waals surface area contributed by atoms with Crippen LogP contribution in [0.3, 0.4) is 0 Å². The molecule has 1 saturated heterocycles. The predicted molar refractivity (Wildman–Crippen MR) is 115 cm³/mol. The van der Waals surface area contributed by atoms with Crippen LogP contribution in [0, 0.1) is 12.8 Å². The zero-order chi connectivity index (χ0) is 21.0. The summed E-state index contributed by atoms with van der Waals surface area (Å²) in [6.07, 6.45) is 0. The van der Waals surface area contributed by atoms with Crippen LogP contribution in [0.5, 0.6) is 0 Å². The quantitative estimate of drug-likeness (QED) is 0.554. The molecule has 4 unspecified atom stereocenters. The van der Waals surface area contributed by atoms with Gasteiger partial charge in [-0.25, -0.2) is 13.8 Å². The summed E-state index contributed by atoms with van der Waals surface area (Å²) in [5.74, 6) is -0.934. The van der Waals surface area contributed by atoms with Crippen LogP contribution < -0.4 is 20.9 Å². The summed E-state index contributed by atoms with van der Waals surface area (Å²) in [6.45, 7) is 6.18. The molecule has 0 bridgehead atoms. The Morgan fingerprint density at radius 2 is 1.72 bits per heavy atom. The van der Waals surface area contributed by atoms with Crippen molar-refractivity contribution in [2.24, 2.45) is 5.92 Å². The lowest BCUT2D eigenvalue weighted by Crippen LogP contribution is -2.47. The van der Waals surface area contributed by atoms with E-state index in [-0.39, 0.29) is 17.9 Å². The molecule has 4 N–H and O–H groups in total. The number of hydrazine groups is 1. The van der Waals surface area contributed by atoms with Gasteiger partial charge in [0.15, 0.2) is 5.37 Å². The van der Waals surface area contributed by atoms with Crippen molar-refractivity contribution in [1.82, 2.24) is 16.2 Å². The fourth-order valence-corrected chi connectivity index (χ4v) is 4.97. The number of hydrogen-bond donors (Lipinski definition) is 4. The summed E-state index contributed by atoms with van der Waals surface area (Å²) in [4.78, 5) is 12.9. The number of amides is 1. The SMILES string of the molecule is Cc1ccc(NS(=O)(=O)C2NNC(C)C2C(=O)NCC(C)c2ccccc2)cc1. The summed E-state index contributed by atoms with van der Waals surface area (Å²) >= 11 is 0. The Morgan fingerprint density at radius 1 is 1.07 bits per heavy atom. The van der Waals surface area contributed by atoms with Gasteiger partial charge in [-0.2, -0.15) is 0 Å². The maximum absolute atomic E-state index is 12.9. The van der Waals surface area contributed by atoms with Crippen molar-refractivity contribution >= 4 is 21.6 Å². The van der Waals surface area contributed by atoms with Gasteiger partial charge in [-0.1, -0.05) is 55.0 Å². The van der Waals surface area contributed by atoms with Gasteiger partial charge in [0.1, 0.15) is 0 Å². The molecular formula is C21H28N4O3S. The van der Waals surface area contributed by atoms with Crippen LogP contribution in [0.4, 0.5) is 5.69 Å². The first-order valence-electron chi connectivity index (χ1n) is 9.70. The van der Waals surface area contributed by atoms with Crippen molar-refractivity contribution in [3.05, 3.63) is 65.7 Å². The first kappa shape index (κ1) is 21.3. The molecule has 3 rings (SSSR count). The van der Waals surface area contributed by atoms with E-state index in [0.29, 0.717) is 12.2 Å². The molecule has 0 aromatic heterocycles. The van der Waals surface area contributed by atoms with Gasteiger partial charge in [-0.15, -0.1) is 0 Å². The van der Waals surface area contributed by atoms with Crippen LogP contribution >= 0.6 is 0 Å². The molecular weight excluding hydrogens is 388 g/mol. The highest BCUT2D eigenvalue weighted by atomic mass is 32.2. The second kappa shape index (κ2) is 8.94. The average Bonchev–Trinajstić information content (AvgIpc) is 3.10. The maximum atomic E-state index is 12.9. The van der Waals surface area contributed by atoms with Gasteiger partial charge in [0, 0.05) is 18.3 Å². The van der Waals surface area contributed by atoms with Crippen molar-refractivity contribution < 1.29 is 13.2 Å². The molecule has 1 fully saturated rings. The Kier molecular flexibility index (Phi) is 6.56. The van der Waals surface area contributed by atoms with E-state index in [2.05, 4.69) is 20.9 Å². The van der Waals surface area contributed by atoms with Gasteiger partial charge < -0.3 is 5.32 Å². The molecule has 0 aliphatic carbocycles. The highest BCUT2D eigenvalue weighted by Gasteiger charge is 2.46. The smallest absolute Gasteiger partial charge is 0.250 e. The number of anilines is 1. The van der Waals surface area contributed by atoms with E-state index < -0.39 is 21.3 Å². The topological polar surface area (TPSA) is 99.3 Å². The molecule has 2 aromatic carbocycles. The third-order valence-electron chi connectivity index (χ3n) is 5.22. The molecule has 1 heterocycles. The van der Waals surface area contributed by atoms with E-state index in [1.54, 1.807) is 19.1 Å². The first-order valence-corrected chi connectivity index (χ1v) is 11.2. The Hall–Kier alpha value is -2.42. The van der Waals surface area contributed by atoms with Crippen LogP contribution in [0.25, 0.3) is 0 Å². The Balaban J connectivity index is 1.68. The zero-order valence-electron chi connectivity index (χ0n) is 16.8. The lowest BCUT2D eigenvalue weighted by Gasteiger charge is -2.22. The summed E-state index contributed by atoms with van der Waals surface area (Å²) in [5, 5.41) is 1.84. The molecule has 29 heavy (non-hydrogen) atoms. The molecule has 0 saturated carbocycles. The number of nitrogens with one attached hydrogen (secondary N) is 4. The van der Waals surface area contributed by atoms with Crippen molar-refractivity contribution in [3.8, 4) is 0 Å². The molecule has 0 spiro atoms. The molecule has 1 aliphatic heterocycles. The molecule has 2 aromatic rings. The van der Waals surface area contributed by atoms with Gasteiger partial charge in [0.2, 0.25) is 5.91 Å². The number of rotatable bonds is 7. The fourth-order valence-electron chi connectivity index (χ4n) is 3.41. The summed E-state index contributed by atoms with van der Waals surface area (Å²) in [6, 6.07) is 16.6. The number of carbonyl (C=O) groups is 1. The van der Waals surface area contributed by atoms with Gasteiger partial charge in [0.05, 0.1) is 5.92 Å². The van der Waals surface area contributed by atoms with E-state index in [0.717, 1.165) is 11.1 Å². The second-order valence-electron chi connectivity index (χ2n) is 7.59. The number of benzene rings is 2. The number of carbonyl (C=O) groups excluding carboxylic acids is 1. The van der Waals surface area contributed by atoms with Crippen molar-refractivity contribution in [3.63, 3.8) is 0 Å². The van der Waals surface area contributed by atoms with Gasteiger partial charge in [-0.05, 0) is 37.5 Å². The number of hydrogen-bond acceptors (Lipinski definition) is 5. The summed E-state index contributed by atoms with van der Waals surface area (Å²) in [7, 11) is -3.83. The van der Waals surface area contributed by atoms with Crippen molar-refractivity contribution in [2.75, 3.05) is 11.3 Å². The van der Waals surface area contributed by atoms with E-state index in [4.69, 9.17) is 0 Å². The van der Waals surface area contributed by atoms with Gasteiger partial charge in [-0.3, -0.25) is 14.9 Å². The minimum atomic E-state index is -3.83. The van der Waals surface area contributed by atoms with Crippen LogP contribution in [-0.4, -0.2) is 32.3 Å². The minimum Gasteiger partial charge on any atom is -0.355 e. The van der Waals surface area contributed by atoms with E-state index in [9.17, 15) is 13.2 Å². The zero-order valence-corrected chi connectivity index (χ0v) is 17.7. The van der Waals surface area contributed by atoms with Crippen LogP contribution in [0.2, 0.25) is 0 Å². The molecule has 1 aliphatic rings. The molecule has 156 valence electrons. The number of aryl methyl sites for hydroxylation is 1. The van der Waals surface area contributed by atoms with Crippen molar-refractivity contribution in [1.29, 1.82) is 0 Å². The molecule has 1 amide bonds. The van der Waals surface area contributed by atoms with E-state index in [1.165, 1.54) is 0 Å². The third-order valence-corrected chi connectivity index (χ3v) is 6.82. The standard InChI is InChI=1S/C21H28N4O3S/c1-14-9-11-18(12-10-14)25-29(27,28)21-19(16(3)23-24-21)20(26)22-13-15(2)17-7-5-4-6-8-17/h4-12,15-16,19,21,23-25H,13H2,1-3H3,(H,22,26). The van der Waals surface area contributed by atoms with Gasteiger partial charge in [0.25, 0.3) is 10.0 Å². The highest BCUT2D eigenvalue weighted by molar-refractivity contribution is 7.93. The minimum absolute atomic E-state index is 0.124. The second-order valence-corrected chi connectivity index (χ2v) is 9.40. The van der Waals surface area contributed by atoms with E-state index in [1.807, 2.05) is 56.3 Å². The fraction of sp³-hybridized carbons (Fsp3) is 0.381. The summed E-state index contributed by atoms with van der Waals surface area (Å²) in [5.41, 5.74) is 8.28. The number of sulfonamides is 1. The van der Waals surface area contributed by atoms with Crippen LogP contribution in [-0.2, 0) is 14.8 Å². The van der Waals surface area contributed by atoms with Gasteiger partial charge >= 0.3 is 0 Å². The lowest BCUT2D eigenvalue weighted by atomic mass is 9.99. The first-order chi connectivity index (χ1) is 13.8. The average molecular weight is 417 g/mol. The Labute approximate surface area is 172 Å². The Morgan fingerprint density at radius 3 is 2.38 bits per heavy atom. The molecule has 0 radical (unpaired) electrons. The predicted octanol–water partition coefficient (Wildman–Crippen LogP) is 2.10. The van der Waals surface area contributed by atoms with E-state index >= 15 is 0 Å². The monoisotopic (exact) mass is 416 g/mol. The lowest BCUT2D eigenvalue weighted by molar-refractivity contribution is -0.125. The van der Waals surface area contributed by atoms with Crippen LogP contribution in [0.15, 0.2) is 54.6 Å². The Bertz CT molecular complexity index is 932. The van der Waals surface area contributed by atoms with Crippen molar-refractivity contribution in [2.45, 2.75) is 38.1 Å². The highest BCUT2D eigenvalue weighted by Crippen LogP contribution is 2.23. The summed E-state index contributed by atoms with van der Waals surface area (Å²) < 4.78 is 28.4. The van der Waals surface area contributed by atoms with Crippen LogP contribution in [0.1, 0.15) is 30.9 Å². The molecule has 7 nitrogen and oxygen atoms in total. The largest absolute Gasteiger partial charge is 0.355 e.